The van der Waals surface area contributed by atoms with E-state index in [4.69, 9.17) is 9.05 Å². The Morgan fingerprint density at radius 1 is 1.24 bits per heavy atom. The summed E-state index contributed by atoms with van der Waals surface area (Å²) >= 11 is 0. The van der Waals surface area contributed by atoms with Crippen LogP contribution in [0.2, 0.25) is 0 Å². The van der Waals surface area contributed by atoms with Gasteiger partial charge in [0.25, 0.3) is 0 Å². The van der Waals surface area contributed by atoms with E-state index >= 15 is 0 Å². The fraction of sp³-hybridized carbons (Fsp3) is 0.625. The molecule has 0 unspecified atom stereocenters. The second-order valence-electron chi connectivity index (χ2n) is 6.35. The highest BCUT2D eigenvalue weighted by Crippen LogP contribution is 2.20. The number of nitrogens with one attached hydrogen (secondary N) is 1. The number of aromatic nitrogens is 3. The number of piperazine rings is 1. The highest BCUT2D eigenvalue weighted by Gasteiger charge is 2.25. The Balaban J connectivity index is 1.39. The minimum atomic E-state index is -0.0505. The van der Waals surface area contributed by atoms with Crippen LogP contribution in [-0.2, 0) is 4.79 Å². The number of nitrogens with zero attached hydrogens (tertiary/aromatic N) is 5. The summed E-state index contributed by atoms with van der Waals surface area (Å²) in [6.45, 7) is 10.1. The standard InChI is InChI=1S/C16H24N6O3/c1-11-10-14(20-24-11)18-15(23)4-5-21-6-8-22(9-7-21)12(2)16-17-13(3)19-25-16/h10,12H,4-9H2,1-3H3,(H,18,20,23)/t12-/m1/s1. The Kier molecular flexibility index (Phi) is 5.44. The largest absolute Gasteiger partial charge is 0.360 e. The smallest absolute Gasteiger partial charge is 0.243 e. The predicted octanol–water partition coefficient (Wildman–Crippen LogP) is 1.38. The Bertz CT molecular complexity index is 704. The van der Waals surface area contributed by atoms with Gasteiger partial charge in [0.1, 0.15) is 5.76 Å². The first-order chi connectivity index (χ1) is 12.0. The molecule has 9 nitrogen and oxygen atoms in total. The van der Waals surface area contributed by atoms with E-state index in [0.717, 1.165) is 32.7 Å². The topological polar surface area (TPSA) is 101 Å². The van der Waals surface area contributed by atoms with Gasteiger partial charge in [-0.3, -0.25) is 9.69 Å². The first-order valence-electron chi connectivity index (χ1n) is 8.51. The lowest BCUT2D eigenvalue weighted by molar-refractivity contribution is -0.116. The van der Waals surface area contributed by atoms with E-state index in [-0.39, 0.29) is 11.9 Å². The minimum Gasteiger partial charge on any atom is -0.360 e. The van der Waals surface area contributed by atoms with Crippen LogP contribution < -0.4 is 5.32 Å². The Hall–Kier alpha value is -2.26. The third kappa shape index (κ3) is 4.64. The fourth-order valence-electron chi connectivity index (χ4n) is 2.90. The van der Waals surface area contributed by atoms with Gasteiger partial charge in [0, 0.05) is 45.2 Å². The van der Waals surface area contributed by atoms with Crippen molar-refractivity contribution in [2.24, 2.45) is 0 Å². The highest BCUT2D eigenvalue weighted by atomic mass is 16.5. The minimum absolute atomic E-state index is 0.0505. The zero-order valence-corrected chi connectivity index (χ0v) is 14.9. The molecule has 1 saturated heterocycles. The summed E-state index contributed by atoms with van der Waals surface area (Å²) in [5.74, 6) is 2.42. The van der Waals surface area contributed by atoms with Crippen molar-refractivity contribution in [3.05, 3.63) is 23.5 Å². The van der Waals surface area contributed by atoms with Gasteiger partial charge >= 0.3 is 0 Å². The van der Waals surface area contributed by atoms with Gasteiger partial charge in [-0.05, 0) is 20.8 Å². The predicted molar refractivity (Wildman–Crippen MR) is 89.9 cm³/mol. The molecular weight excluding hydrogens is 324 g/mol. The van der Waals surface area contributed by atoms with Crippen LogP contribution in [0.1, 0.15) is 36.9 Å². The molecule has 0 aromatic carbocycles. The zero-order valence-electron chi connectivity index (χ0n) is 14.9. The van der Waals surface area contributed by atoms with Crippen LogP contribution in [0.5, 0.6) is 0 Å². The number of carbonyl (C=O) groups is 1. The SMILES string of the molecule is Cc1noc([C@@H](C)N2CCN(CCC(=O)Nc3cc(C)on3)CC2)n1. The number of aryl methyl sites for hydroxylation is 2. The number of carbonyl (C=O) groups excluding carboxylic acids is 1. The quantitative estimate of drug-likeness (QED) is 0.836. The van der Waals surface area contributed by atoms with Crippen LogP contribution in [0, 0.1) is 13.8 Å². The molecule has 0 aliphatic carbocycles. The number of amides is 1. The second kappa shape index (κ2) is 7.75. The molecule has 2 aromatic rings. The van der Waals surface area contributed by atoms with Gasteiger partial charge < -0.3 is 19.3 Å². The number of hydrogen-bond acceptors (Lipinski definition) is 8. The van der Waals surface area contributed by atoms with Crippen molar-refractivity contribution in [2.45, 2.75) is 33.2 Å². The number of hydrogen-bond donors (Lipinski definition) is 1. The number of anilines is 1. The first kappa shape index (κ1) is 17.6. The van der Waals surface area contributed by atoms with Crippen molar-refractivity contribution in [3.8, 4) is 0 Å². The molecule has 3 heterocycles. The third-order valence-electron chi connectivity index (χ3n) is 4.41. The Labute approximate surface area is 146 Å². The second-order valence-corrected chi connectivity index (χ2v) is 6.35. The van der Waals surface area contributed by atoms with Crippen LogP contribution in [0.25, 0.3) is 0 Å². The van der Waals surface area contributed by atoms with E-state index < -0.39 is 0 Å². The van der Waals surface area contributed by atoms with Crippen molar-refractivity contribution in [1.82, 2.24) is 25.1 Å². The van der Waals surface area contributed by atoms with E-state index in [2.05, 4.69) is 37.3 Å². The van der Waals surface area contributed by atoms with Gasteiger partial charge in [0.2, 0.25) is 11.8 Å². The summed E-state index contributed by atoms with van der Waals surface area (Å²) in [5, 5.41) is 10.4. The van der Waals surface area contributed by atoms with Crippen LogP contribution >= 0.6 is 0 Å². The van der Waals surface area contributed by atoms with Gasteiger partial charge in [-0.2, -0.15) is 4.98 Å². The maximum Gasteiger partial charge on any atom is 0.243 e. The van der Waals surface area contributed by atoms with E-state index in [1.165, 1.54) is 0 Å². The van der Waals surface area contributed by atoms with Gasteiger partial charge in [-0.25, -0.2) is 0 Å². The van der Waals surface area contributed by atoms with Crippen LogP contribution in [0.4, 0.5) is 5.82 Å². The normalized spacial score (nSPS) is 17.6. The average Bonchev–Trinajstić information content (AvgIpc) is 3.21. The summed E-state index contributed by atoms with van der Waals surface area (Å²) in [6.07, 6.45) is 0.435. The lowest BCUT2D eigenvalue weighted by Crippen LogP contribution is -2.47. The van der Waals surface area contributed by atoms with Gasteiger partial charge in [0.05, 0.1) is 6.04 Å². The summed E-state index contributed by atoms with van der Waals surface area (Å²) < 4.78 is 10.2. The van der Waals surface area contributed by atoms with E-state index in [9.17, 15) is 4.79 Å². The molecule has 1 fully saturated rings. The summed E-state index contributed by atoms with van der Waals surface area (Å²) in [7, 11) is 0. The van der Waals surface area contributed by atoms with Crippen molar-refractivity contribution < 1.29 is 13.8 Å². The molecule has 2 aromatic heterocycles. The molecule has 0 spiro atoms. The highest BCUT2D eigenvalue weighted by molar-refractivity contribution is 5.89. The van der Waals surface area contributed by atoms with E-state index in [1.54, 1.807) is 13.0 Å². The molecule has 0 saturated carbocycles. The van der Waals surface area contributed by atoms with Crippen molar-refractivity contribution in [1.29, 1.82) is 0 Å². The summed E-state index contributed by atoms with van der Waals surface area (Å²) in [5.41, 5.74) is 0. The van der Waals surface area contributed by atoms with Crippen molar-refractivity contribution in [3.63, 3.8) is 0 Å². The zero-order chi connectivity index (χ0) is 17.8. The molecule has 1 atom stereocenters. The van der Waals surface area contributed by atoms with Gasteiger partial charge in [-0.15, -0.1) is 0 Å². The molecule has 9 heteroatoms. The van der Waals surface area contributed by atoms with Crippen LogP contribution in [-0.4, -0.2) is 63.7 Å². The van der Waals surface area contributed by atoms with Crippen molar-refractivity contribution >= 4 is 11.7 Å². The lowest BCUT2D eigenvalue weighted by atomic mass is 10.2. The number of rotatable bonds is 6. The van der Waals surface area contributed by atoms with Crippen molar-refractivity contribution in [2.75, 3.05) is 38.0 Å². The van der Waals surface area contributed by atoms with Crippen LogP contribution in [0.3, 0.4) is 0 Å². The Morgan fingerprint density at radius 2 is 2.00 bits per heavy atom. The Morgan fingerprint density at radius 3 is 2.60 bits per heavy atom. The molecular formula is C16H24N6O3. The van der Waals surface area contributed by atoms with E-state index in [1.807, 2.05) is 6.92 Å². The third-order valence-corrected chi connectivity index (χ3v) is 4.41. The summed E-state index contributed by atoms with van der Waals surface area (Å²) in [6, 6.07) is 1.82. The molecule has 136 valence electrons. The van der Waals surface area contributed by atoms with Gasteiger partial charge in [-0.1, -0.05) is 10.3 Å². The molecule has 1 amide bonds. The fourth-order valence-corrected chi connectivity index (χ4v) is 2.90. The molecule has 0 radical (unpaired) electrons. The molecule has 1 N–H and O–H groups in total. The molecule has 0 bridgehead atoms. The summed E-state index contributed by atoms with van der Waals surface area (Å²) in [4.78, 5) is 20.9. The first-order valence-corrected chi connectivity index (χ1v) is 8.51. The maximum atomic E-state index is 12.0. The lowest BCUT2D eigenvalue weighted by Gasteiger charge is -2.36. The molecule has 25 heavy (non-hydrogen) atoms. The van der Waals surface area contributed by atoms with E-state index in [0.29, 0.717) is 29.7 Å². The maximum absolute atomic E-state index is 12.0. The average molecular weight is 348 g/mol. The molecule has 3 rings (SSSR count). The molecule has 1 aliphatic heterocycles. The van der Waals surface area contributed by atoms with Gasteiger partial charge in [0.15, 0.2) is 11.6 Å². The monoisotopic (exact) mass is 348 g/mol. The van der Waals surface area contributed by atoms with Crippen LogP contribution in [0.15, 0.2) is 15.1 Å². The molecule has 1 aliphatic rings.